The summed E-state index contributed by atoms with van der Waals surface area (Å²) >= 11 is 0. The molecule has 3 aromatic carbocycles. The normalized spacial score (nSPS) is 12.7. The molecule has 1 atom stereocenters. The molecule has 0 saturated carbocycles. The third-order valence-electron chi connectivity index (χ3n) is 3.79. The minimum absolute atomic E-state index is 0.0366. The molecule has 1 N–H and O–H groups in total. The van der Waals surface area contributed by atoms with Gasteiger partial charge in [0.25, 0.3) is 7.37 Å². The van der Waals surface area contributed by atoms with Gasteiger partial charge in [-0.2, -0.15) is 0 Å². The Bertz CT molecular complexity index is 761. The maximum atomic E-state index is 13.6. The standard InChI is InChI=1S/C20H19O3P/c21-20(17-10-4-1-5-11-17)16-23-24(22,18-12-6-2-7-13-18)19-14-8-3-9-15-19/h1-15,20-21H,16H2/t20-/m1/s1. The molecule has 0 saturated heterocycles. The van der Waals surface area contributed by atoms with E-state index in [4.69, 9.17) is 4.52 Å². The van der Waals surface area contributed by atoms with Gasteiger partial charge in [-0.15, -0.1) is 0 Å². The van der Waals surface area contributed by atoms with Gasteiger partial charge >= 0.3 is 0 Å². The molecule has 0 aliphatic rings. The predicted octanol–water partition coefficient (Wildman–Crippen LogP) is 3.67. The van der Waals surface area contributed by atoms with Crippen LogP contribution in [-0.2, 0) is 9.09 Å². The Balaban J connectivity index is 1.88. The van der Waals surface area contributed by atoms with E-state index in [1.54, 1.807) is 24.3 Å². The molecule has 0 bridgehead atoms. The smallest absolute Gasteiger partial charge is 0.261 e. The van der Waals surface area contributed by atoms with E-state index in [-0.39, 0.29) is 6.61 Å². The van der Waals surface area contributed by atoms with Gasteiger partial charge in [-0.3, -0.25) is 4.57 Å². The van der Waals surface area contributed by atoms with Crippen LogP contribution in [-0.4, -0.2) is 11.7 Å². The van der Waals surface area contributed by atoms with E-state index in [0.717, 1.165) is 5.56 Å². The van der Waals surface area contributed by atoms with Crippen molar-refractivity contribution >= 4 is 18.0 Å². The fraction of sp³-hybridized carbons (Fsp3) is 0.100. The molecule has 122 valence electrons. The van der Waals surface area contributed by atoms with Crippen molar-refractivity contribution < 1.29 is 14.2 Å². The molecule has 0 radical (unpaired) electrons. The zero-order valence-electron chi connectivity index (χ0n) is 13.2. The lowest BCUT2D eigenvalue weighted by atomic mass is 10.1. The van der Waals surface area contributed by atoms with Crippen LogP contribution in [0.1, 0.15) is 11.7 Å². The third-order valence-corrected chi connectivity index (χ3v) is 6.26. The quantitative estimate of drug-likeness (QED) is 0.698. The number of aliphatic hydroxyl groups is 1. The molecular formula is C20H19O3P. The number of hydrogen-bond acceptors (Lipinski definition) is 3. The van der Waals surface area contributed by atoms with Gasteiger partial charge in [0.15, 0.2) is 0 Å². The highest BCUT2D eigenvalue weighted by molar-refractivity contribution is 7.74. The molecular weight excluding hydrogens is 319 g/mol. The molecule has 0 aliphatic heterocycles. The number of hydrogen-bond donors (Lipinski definition) is 1. The SMILES string of the molecule is O=P(OC[C@@H](O)c1ccccc1)(c1ccccc1)c1ccccc1. The first-order valence-corrected chi connectivity index (χ1v) is 9.41. The highest BCUT2D eigenvalue weighted by Gasteiger charge is 2.29. The molecule has 0 amide bonds. The summed E-state index contributed by atoms with van der Waals surface area (Å²) in [5.74, 6) is 0. The maximum absolute atomic E-state index is 13.6. The largest absolute Gasteiger partial charge is 0.386 e. The molecule has 24 heavy (non-hydrogen) atoms. The average Bonchev–Trinajstić information content (AvgIpc) is 2.68. The highest BCUT2D eigenvalue weighted by atomic mass is 31.2. The molecule has 3 rings (SSSR count). The van der Waals surface area contributed by atoms with Crippen molar-refractivity contribution in [1.82, 2.24) is 0 Å². The second-order valence-electron chi connectivity index (χ2n) is 5.44. The minimum Gasteiger partial charge on any atom is -0.386 e. The number of benzene rings is 3. The van der Waals surface area contributed by atoms with Crippen LogP contribution < -0.4 is 10.6 Å². The molecule has 4 heteroatoms. The minimum atomic E-state index is -3.26. The van der Waals surface area contributed by atoms with Gasteiger partial charge in [-0.1, -0.05) is 66.7 Å². The van der Waals surface area contributed by atoms with Crippen molar-refractivity contribution in [2.24, 2.45) is 0 Å². The predicted molar refractivity (Wildman–Crippen MR) is 97.1 cm³/mol. The van der Waals surface area contributed by atoms with Crippen LogP contribution in [0.25, 0.3) is 0 Å². The van der Waals surface area contributed by atoms with Crippen molar-refractivity contribution in [3.05, 3.63) is 96.6 Å². The molecule has 0 heterocycles. The van der Waals surface area contributed by atoms with E-state index >= 15 is 0 Å². The van der Waals surface area contributed by atoms with Gasteiger partial charge in [0.05, 0.1) is 6.61 Å². The lowest BCUT2D eigenvalue weighted by Crippen LogP contribution is -2.20. The van der Waals surface area contributed by atoms with Crippen LogP contribution in [0.2, 0.25) is 0 Å². The number of aliphatic hydroxyl groups excluding tert-OH is 1. The molecule has 0 aromatic heterocycles. The summed E-state index contributed by atoms with van der Waals surface area (Å²) in [5.41, 5.74) is 0.741. The lowest BCUT2D eigenvalue weighted by molar-refractivity contribution is 0.112. The first kappa shape index (κ1) is 16.7. The summed E-state index contributed by atoms with van der Waals surface area (Å²) in [7, 11) is -3.26. The Morgan fingerprint density at radius 1 is 0.750 bits per heavy atom. The van der Waals surface area contributed by atoms with Gasteiger partial charge < -0.3 is 9.63 Å². The first-order chi connectivity index (χ1) is 11.7. The van der Waals surface area contributed by atoms with E-state index in [1.807, 2.05) is 66.7 Å². The second kappa shape index (κ2) is 7.59. The van der Waals surface area contributed by atoms with E-state index in [2.05, 4.69) is 0 Å². The van der Waals surface area contributed by atoms with Gasteiger partial charge in [0, 0.05) is 10.6 Å². The Kier molecular flexibility index (Phi) is 5.27. The number of rotatable bonds is 6. The molecule has 0 fully saturated rings. The zero-order chi connectivity index (χ0) is 16.8. The van der Waals surface area contributed by atoms with Crippen molar-refractivity contribution in [2.45, 2.75) is 6.10 Å². The van der Waals surface area contributed by atoms with E-state index < -0.39 is 13.5 Å². The van der Waals surface area contributed by atoms with Crippen LogP contribution in [0.4, 0.5) is 0 Å². The van der Waals surface area contributed by atoms with Crippen molar-refractivity contribution in [2.75, 3.05) is 6.61 Å². The van der Waals surface area contributed by atoms with Crippen LogP contribution in [0.5, 0.6) is 0 Å². The zero-order valence-corrected chi connectivity index (χ0v) is 14.1. The van der Waals surface area contributed by atoms with Crippen molar-refractivity contribution in [1.29, 1.82) is 0 Å². The summed E-state index contributed by atoms with van der Waals surface area (Å²) in [5, 5.41) is 11.6. The van der Waals surface area contributed by atoms with Gasteiger partial charge in [-0.25, -0.2) is 0 Å². The maximum Gasteiger partial charge on any atom is 0.261 e. The highest BCUT2D eigenvalue weighted by Crippen LogP contribution is 2.45. The Hall–Kier alpha value is -2.19. The van der Waals surface area contributed by atoms with E-state index in [1.165, 1.54) is 0 Å². The van der Waals surface area contributed by atoms with Crippen LogP contribution in [0, 0.1) is 0 Å². The summed E-state index contributed by atoms with van der Waals surface area (Å²) < 4.78 is 19.4. The lowest BCUT2D eigenvalue weighted by Gasteiger charge is -2.21. The van der Waals surface area contributed by atoms with E-state index in [0.29, 0.717) is 10.6 Å². The van der Waals surface area contributed by atoms with Crippen molar-refractivity contribution in [3.63, 3.8) is 0 Å². The molecule has 0 aliphatic carbocycles. The second-order valence-corrected chi connectivity index (χ2v) is 7.84. The fourth-order valence-electron chi connectivity index (χ4n) is 2.49. The molecule has 3 aromatic rings. The van der Waals surface area contributed by atoms with Gasteiger partial charge in [-0.05, 0) is 29.8 Å². The summed E-state index contributed by atoms with van der Waals surface area (Å²) in [6.45, 7) is -0.0366. The fourth-order valence-corrected chi connectivity index (χ4v) is 4.57. The van der Waals surface area contributed by atoms with Gasteiger partial charge in [0.1, 0.15) is 6.10 Å². The molecule has 0 spiro atoms. The van der Waals surface area contributed by atoms with Crippen molar-refractivity contribution in [3.8, 4) is 0 Å². The average molecular weight is 338 g/mol. The Labute approximate surface area is 142 Å². The van der Waals surface area contributed by atoms with Crippen LogP contribution in [0.15, 0.2) is 91.0 Å². The molecule has 0 unspecified atom stereocenters. The Morgan fingerprint density at radius 3 is 1.62 bits per heavy atom. The molecule has 3 nitrogen and oxygen atoms in total. The summed E-state index contributed by atoms with van der Waals surface area (Å²) in [4.78, 5) is 0. The van der Waals surface area contributed by atoms with Gasteiger partial charge in [0.2, 0.25) is 0 Å². The monoisotopic (exact) mass is 338 g/mol. The summed E-state index contributed by atoms with van der Waals surface area (Å²) in [6.07, 6.45) is -0.827. The Morgan fingerprint density at radius 2 is 1.17 bits per heavy atom. The first-order valence-electron chi connectivity index (χ1n) is 7.79. The topological polar surface area (TPSA) is 46.5 Å². The summed E-state index contributed by atoms with van der Waals surface area (Å²) in [6, 6.07) is 27.5. The van der Waals surface area contributed by atoms with Crippen LogP contribution in [0.3, 0.4) is 0 Å². The van der Waals surface area contributed by atoms with E-state index in [9.17, 15) is 9.67 Å². The van der Waals surface area contributed by atoms with Crippen LogP contribution >= 0.6 is 7.37 Å². The third kappa shape index (κ3) is 3.65.